The second-order valence-corrected chi connectivity index (χ2v) is 2.78. The van der Waals surface area contributed by atoms with Crippen LogP contribution < -0.4 is 5.73 Å². The van der Waals surface area contributed by atoms with Gasteiger partial charge in [0.25, 0.3) is 0 Å². The lowest BCUT2D eigenvalue weighted by atomic mass is 10.3. The highest BCUT2D eigenvalue weighted by molar-refractivity contribution is 5.84. The number of nitrogens with zero attached hydrogens (tertiary/aromatic N) is 1. The summed E-state index contributed by atoms with van der Waals surface area (Å²) in [4.78, 5) is 4.16. The fourth-order valence-corrected chi connectivity index (χ4v) is 1.22. The molecule has 0 unspecified atom stereocenters. The number of nitrogens with two attached hydrogens (primary N) is 1. The molecule has 4 nitrogen and oxygen atoms in total. The first-order valence-corrected chi connectivity index (χ1v) is 4.06. The average Bonchev–Trinajstić information content (AvgIpc) is 2.49. The van der Waals surface area contributed by atoms with Gasteiger partial charge in [0.1, 0.15) is 5.52 Å². The van der Waals surface area contributed by atoms with Crippen LogP contribution in [0.2, 0.25) is 0 Å². The zero-order chi connectivity index (χ0) is 9.26. The minimum Gasteiger partial charge on any atom is -0.438 e. The highest BCUT2D eigenvalue weighted by Crippen LogP contribution is 2.21. The Labute approximate surface area is 75.0 Å². The van der Waals surface area contributed by atoms with Crippen molar-refractivity contribution in [2.75, 3.05) is 12.3 Å². The van der Waals surface area contributed by atoms with E-state index in [9.17, 15) is 0 Å². The van der Waals surface area contributed by atoms with Gasteiger partial charge in [-0.05, 0) is 12.1 Å². The molecule has 68 valence electrons. The average molecular weight is 178 g/mol. The summed E-state index contributed by atoms with van der Waals surface area (Å²) in [6.45, 7) is 0.0345. The van der Waals surface area contributed by atoms with Gasteiger partial charge in [-0.25, -0.2) is 4.98 Å². The fourth-order valence-electron chi connectivity index (χ4n) is 1.22. The molecular weight excluding hydrogens is 168 g/mol. The summed E-state index contributed by atoms with van der Waals surface area (Å²) < 4.78 is 5.34. The number of aliphatic hydroxyl groups is 1. The van der Waals surface area contributed by atoms with Crippen molar-refractivity contribution in [3.05, 3.63) is 24.1 Å². The minimum atomic E-state index is 0.0345. The van der Waals surface area contributed by atoms with E-state index in [-0.39, 0.29) is 6.61 Å². The topological polar surface area (TPSA) is 72.3 Å². The smallest absolute Gasteiger partial charge is 0.197 e. The first-order chi connectivity index (χ1) is 6.31. The SMILES string of the molecule is Nc1cccc2nc(CCO)oc12. The van der Waals surface area contributed by atoms with Crippen molar-refractivity contribution in [2.24, 2.45) is 0 Å². The molecule has 0 saturated carbocycles. The Morgan fingerprint density at radius 2 is 2.31 bits per heavy atom. The molecule has 0 aliphatic rings. The number of rotatable bonds is 2. The Balaban J connectivity index is 2.55. The third kappa shape index (κ3) is 1.36. The molecule has 0 fully saturated rings. The molecule has 1 heterocycles. The van der Waals surface area contributed by atoms with Gasteiger partial charge in [0.2, 0.25) is 0 Å². The van der Waals surface area contributed by atoms with Crippen molar-refractivity contribution in [2.45, 2.75) is 6.42 Å². The zero-order valence-corrected chi connectivity index (χ0v) is 7.03. The lowest BCUT2D eigenvalue weighted by Crippen LogP contribution is -1.88. The molecule has 0 radical (unpaired) electrons. The summed E-state index contributed by atoms with van der Waals surface area (Å²) in [5.41, 5.74) is 7.59. The summed E-state index contributed by atoms with van der Waals surface area (Å²) >= 11 is 0. The van der Waals surface area contributed by atoms with Crippen LogP contribution in [0.5, 0.6) is 0 Å². The highest BCUT2D eigenvalue weighted by atomic mass is 16.4. The van der Waals surface area contributed by atoms with Gasteiger partial charge in [-0.1, -0.05) is 6.07 Å². The van der Waals surface area contributed by atoms with E-state index in [4.69, 9.17) is 15.3 Å². The first kappa shape index (κ1) is 8.07. The third-order valence-corrected chi connectivity index (χ3v) is 1.82. The predicted octanol–water partition coefficient (Wildman–Crippen LogP) is 0.945. The Morgan fingerprint density at radius 3 is 3.00 bits per heavy atom. The van der Waals surface area contributed by atoms with Gasteiger partial charge in [0.15, 0.2) is 11.5 Å². The van der Waals surface area contributed by atoms with E-state index in [1.54, 1.807) is 6.07 Å². The van der Waals surface area contributed by atoms with Crippen LogP contribution in [0.25, 0.3) is 11.1 Å². The van der Waals surface area contributed by atoms with Crippen molar-refractivity contribution in [1.29, 1.82) is 0 Å². The number of nitrogen functional groups attached to an aromatic ring is 1. The summed E-state index contributed by atoms with van der Waals surface area (Å²) in [6, 6.07) is 5.41. The molecule has 2 aromatic rings. The first-order valence-electron chi connectivity index (χ1n) is 4.06. The second kappa shape index (κ2) is 3.06. The third-order valence-electron chi connectivity index (χ3n) is 1.82. The van der Waals surface area contributed by atoms with Gasteiger partial charge in [-0.3, -0.25) is 0 Å². The van der Waals surface area contributed by atoms with Gasteiger partial charge >= 0.3 is 0 Å². The largest absolute Gasteiger partial charge is 0.438 e. The van der Waals surface area contributed by atoms with Gasteiger partial charge in [-0.15, -0.1) is 0 Å². The van der Waals surface area contributed by atoms with E-state index in [0.29, 0.717) is 23.6 Å². The van der Waals surface area contributed by atoms with Crippen LogP contribution in [0.4, 0.5) is 5.69 Å². The predicted molar refractivity (Wildman–Crippen MR) is 49.2 cm³/mol. The number of para-hydroxylation sites is 1. The number of hydrogen-bond acceptors (Lipinski definition) is 4. The normalized spacial score (nSPS) is 10.8. The fraction of sp³-hybridized carbons (Fsp3) is 0.222. The Morgan fingerprint density at radius 1 is 1.46 bits per heavy atom. The van der Waals surface area contributed by atoms with Crippen molar-refractivity contribution in [3.63, 3.8) is 0 Å². The van der Waals surface area contributed by atoms with Crippen LogP contribution in [0.15, 0.2) is 22.6 Å². The van der Waals surface area contributed by atoms with Gasteiger partial charge in [-0.2, -0.15) is 0 Å². The van der Waals surface area contributed by atoms with E-state index in [1.165, 1.54) is 0 Å². The van der Waals surface area contributed by atoms with Crippen molar-refractivity contribution in [1.82, 2.24) is 4.98 Å². The van der Waals surface area contributed by atoms with E-state index in [1.807, 2.05) is 12.1 Å². The number of anilines is 1. The van der Waals surface area contributed by atoms with E-state index in [0.717, 1.165) is 5.52 Å². The molecule has 0 aliphatic heterocycles. The van der Waals surface area contributed by atoms with Gasteiger partial charge in [0, 0.05) is 6.42 Å². The van der Waals surface area contributed by atoms with Crippen LogP contribution in [0, 0.1) is 0 Å². The lowest BCUT2D eigenvalue weighted by Gasteiger charge is -1.90. The molecule has 0 aliphatic carbocycles. The Kier molecular flexibility index (Phi) is 1.90. The van der Waals surface area contributed by atoms with Gasteiger partial charge in [0.05, 0.1) is 12.3 Å². The molecule has 1 aromatic heterocycles. The zero-order valence-electron chi connectivity index (χ0n) is 7.03. The summed E-state index contributed by atoms with van der Waals surface area (Å²) in [6.07, 6.45) is 0.425. The highest BCUT2D eigenvalue weighted by Gasteiger charge is 2.06. The Hall–Kier alpha value is -1.55. The maximum absolute atomic E-state index is 8.68. The van der Waals surface area contributed by atoms with Crippen molar-refractivity contribution in [3.8, 4) is 0 Å². The van der Waals surface area contributed by atoms with Crippen molar-refractivity contribution < 1.29 is 9.52 Å². The quantitative estimate of drug-likeness (QED) is 0.671. The minimum absolute atomic E-state index is 0.0345. The molecule has 0 saturated heterocycles. The molecule has 0 bridgehead atoms. The molecule has 4 heteroatoms. The molecular formula is C9H10N2O2. The van der Waals surface area contributed by atoms with Crippen LogP contribution >= 0.6 is 0 Å². The van der Waals surface area contributed by atoms with E-state index < -0.39 is 0 Å². The van der Waals surface area contributed by atoms with Crippen LogP contribution in [0.1, 0.15) is 5.89 Å². The van der Waals surface area contributed by atoms with Gasteiger partial charge < -0.3 is 15.3 Å². The van der Waals surface area contributed by atoms with E-state index >= 15 is 0 Å². The monoisotopic (exact) mass is 178 g/mol. The van der Waals surface area contributed by atoms with E-state index in [2.05, 4.69) is 4.98 Å². The number of oxazole rings is 1. The number of aromatic nitrogens is 1. The summed E-state index contributed by atoms with van der Waals surface area (Å²) in [5.74, 6) is 0.524. The molecule has 2 rings (SSSR count). The summed E-state index contributed by atoms with van der Waals surface area (Å²) in [5, 5.41) is 8.68. The lowest BCUT2D eigenvalue weighted by molar-refractivity contribution is 0.287. The number of fused-ring (bicyclic) bond motifs is 1. The van der Waals surface area contributed by atoms with Crippen LogP contribution in [-0.2, 0) is 6.42 Å². The maximum atomic E-state index is 8.68. The molecule has 0 atom stereocenters. The second-order valence-electron chi connectivity index (χ2n) is 2.78. The summed E-state index contributed by atoms with van der Waals surface area (Å²) in [7, 11) is 0. The number of benzene rings is 1. The molecule has 13 heavy (non-hydrogen) atoms. The van der Waals surface area contributed by atoms with Crippen molar-refractivity contribution >= 4 is 16.8 Å². The number of hydrogen-bond donors (Lipinski definition) is 2. The van der Waals surface area contributed by atoms with Crippen LogP contribution in [0.3, 0.4) is 0 Å². The molecule has 1 aromatic carbocycles. The molecule has 3 N–H and O–H groups in total. The van der Waals surface area contributed by atoms with Crippen LogP contribution in [-0.4, -0.2) is 16.7 Å². The molecule has 0 spiro atoms. The Bertz CT molecular complexity index is 422. The molecule has 0 amide bonds. The number of aliphatic hydroxyl groups excluding tert-OH is 1. The standard InChI is InChI=1S/C9H10N2O2/c10-6-2-1-3-7-9(6)13-8(11-7)4-5-12/h1-3,12H,4-5,10H2. The maximum Gasteiger partial charge on any atom is 0.197 e.